The predicted octanol–water partition coefficient (Wildman–Crippen LogP) is 2.21. The molecule has 2 aromatic rings. The Bertz CT molecular complexity index is 853. The van der Waals surface area contributed by atoms with E-state index < -0.39 is 11.9 Å². The molecule has 1 fully saturated rings. The van der Waals surface area contributed by atoms with Crippen LogP contribution >= 0.6 is 0 Å². The fraction of sp³-hybridized carbons (Fsp3) is 0.300. The Morgan fingerprint density at radius 2 is 1.20 bits per heavy atom. The fourth-order valence-corrected chi connectivity index (χ4v) is 2.93. The molecule has 0 saturated carbocycles. The van der Waals surface area contributed by atoms with Gasteiger partial charge in [-0.1, -0.05) is 24.3 Å². The van der Waals surface area contributed by atoms with E-state index in [1.807, 2.05) is 24.3 Å². The van der Waals surface area contributed by atoms with Crippen LogP contribution in [0.25, 0.3) is 0 Å². The summed E-state index contributed by atoms with van der Waals surface area (Å²) in [5.41, 5.74) is 2.34. The first-order valence-electron chi connectivity index (χ1n) is 9.13. The molecule has 10 heteroatoms. The van der Waals surface area contributed by atoms with E-state index in [-0.39, 0.29) is 16.4 Å². The van der Waals surface area contributed by atoms with Crippen LogP contribution in [0.1, 0.15) is 11.1 Å². The van der Waals surface area contributed by atoms with E-state index in [2.05, 4.69) is 9.80 Å². The number of carbonyl (C=O) groups is 2. The van der Waals surface area contributed by atoms with Gasteiger partial charge in [-0.15, -0.1) is 0 Å². The third-order valence-electron chi connectivity index (χ3n) is 4.52. The van der Waals surface area contributed by atoms with E-state index >= 15 is 0 Å². The number of benzene rings is 2. The molecule has 0 radical (unpaired) electrons. The molecule has 1 heterocycles. The van der Waals surface area contributed by atoms with Gasteiger partial charge in [0.25, 0.3) is 5.69 Å². The van der Waals surface area contributed by atoms with Gasteiger partial charge in [0.2, 0.25) is 0 Å². The molecule has 2 aromatic carbocycles. The van der Waals surface area contributed by atoms with Crippen molar-refractivity contribution in [2.24, 2.45) is 0 Å². The van der Waals surface area contributed by atoms with Gasteiger partial charge in [-0.3, -0.25) is 19.9 Å². The maximum atomic E-state index is 12.9. The summed E-state index contributed by atoms with van der Waals surface area (Å²) in [6.07, 6.45) is 0. The minimum absolute atomic E-state index is 0.128. The average molecular weight is 419 g/mol. The Labute approximate surface area is 172 Å². The predicted molar refractivity (Wildman–Crippen MR) is 105 cm³/mol. The molecule has 0 atom stereocenters. The normalized spacial score (nSPS) is 14.4. The van der Waals surface area contributed by atoms with Crippen molar-refractivity contribution in [2.75, 3.05) is 26.2 Å². The minimum atomic E-state index is -1.82. The summed E-state index contributed by atoms with van der Waals surface area (Å²) in [5.74, 6) is -3.85. The number of nitro benzene ring substituents is 1. The van der Waals surface area contributed by atoms with E-state index in [9.17, 15) is 14.5 Å². The Morgan fingerprint density at radius 3 is 1.53 bits per heavy atom. The molecule has 3 rings (SSSR count). The van der Waals surface area contributed by atoms with Crippen LogP contribution in [0.4, 0.5) is 10.1 Å². The molecule has 0 spiro atoms. The summed E-state index contributed by atoms with van der Waals surface area (Å²) in [7, 11) is 0. The van der Waals surface area contributed by atoms with E-state index in [1.165, 1.54) is 12.1 Å². The lowest BCUT2D eigenvalue weighted by Gasteiger charge is -2.34. The number of non-ortho nitro benzene ring substituents is 1. The summed E-state index contributed by atoms with van der Waals surface area (Å²) < 4.78 is 12.9. The van der Waals surface area contributed by atoms with Crippen molar-refractivity contribution in [1.29, 1.82) is 0 Å². The molecular formula is C20H22FN3O6. The van der Waals surface area contributed by atoms with Crippen molar-refractivity contribution >= 4 is 17.6 Å². The van der Waals surface area contributed by atoms with Crippen molar-refractivity contribution in [3.8, 4) is 0 Å². The zero-order valence-corrected chi connectivity index (χ0v) is 16.1. The number of nitro groups is 1. The van der Waals surface area contributed by atoms with Crippen molar-refractivity contribution in [3.05, 3.63) is 75.6 Å². The number of hydrogen-bond acceptors (Lipinski definition) is 6. The summed E-state index contributed by atoms with van der Waals surface area (Å²) in [4.78, 5) is 33.2. The first-order chi connectivity index (χ1) is 14.2. The largest absolute Gasteiger partial charge is 0.473 e. The maximum Gasteiger partial charge on any atom is 0.414 e. The average Bonchev–Trinajstić information content (AvgIpc) is 2.72. The Hall–Kier alpha value is -3.37. The SMILES string of the molecule is O=C(O)C(=O)O.O=[N+]([O-])c1ccc(CN2CCN(Cc3ccc(F)cc3)CC2)cc1. The molecule has 0 bridgehead atoms. The third-order valence-corrected chi connectivity index (χ3v) is 4.52. The summed E-state index contributed by atoms with van der Waals surface area (Å²) in [6, 6.07) is 13.4. The topological polar surface area (TPSA) is 124 Å². The molecule has 1 aliphatic heterocycles. The van der Waals surface area contributed by atoms with Crippen LogP contribution in [-0.2, 0) is 22.7 Å². The molecule has 0 aliphatic carbocycles. The lowest BCUT2D eigenvalue weighted by atomic mass is 10.1. The Balaban J connectivity index is 0.000000469. The lowest BCUT2D eigenvalue weighted by Crippen LogP contribution is -2.45. The van der Waals surface area contributed by atoms with Crippen LogP contribution in [0.2, 0.25) is 0 Å². The highest BCUT2D eigenvalue weighted by Crippen LogP contribution is 2.15. The maximum absolute atomic E-state index is 12.9. The van der Waals surface area contributed by atoms with Gasteiger partial charge in [-0.05, 0) is 23.3 Å². The minimum Gasteiger partial charge on any atom is -0.473 e. The molecule has 1 aliphatic rings. The molecule has 160 valence electrons. The molecule has 2 N–H and O–H groups in total. The van der Waals surface area contributed by atoms with E-state index in [1.54, 1.807) is 12.1 Å². The number of hydrogen-bond donors (Lipinski definition) is 2. The van der Waals surface area contributed by atoms with Crippen LogP contribution in [-0.4, -0.2) is 63.1 Å². The summed E-state index contributed by atoms with van der Waals surface area (Å²) in [6.45, 7) is 5.49. The second-order valence-corrected chi connectivity index (χ2v) is 6.71. The quantitative estimate of drug-likeness (QED) is 0.429. The number of halogens is 1. The highest BCUT2D eigenvalue weighted by Gasteiger charge is 2.17. The van der Waals surface area contributed by atoms with Crippen LogP contribution in [0.15, 0.2) is 48.5 Å². The molecule has 0 aromatic heterocycles. The molecule has 0 unspecified atom stereocenters. The monoisotopic (exact) mass is 419 g/mol. The standard InChI is InChI=1S/C18H20FN3O2.C2H2O4/c19-17-5-1-15(2-6-17)13-20-9-11-21(12-10-20)14-16-3-7-18(8-4-16)22(23)24;3-1(4)2(5)6/h1-8H,9-14H2;(H,3,4)(H,5,6). The van der Waals surface area contributed by atoms with Gasteiger partial charge in [0.1, 0.15) is 5.82 Å². The van der Waals surface area contributed by atoms with Gasteiger partial charge >= 0.3 is 11.9 Å². The van der Waals surface area contributed by atoms with Gasteiger partial charge < -0.3 is 10.2 Å². The highest BCUT2D eigenvalue weighted by atomic mass is 19.1. The highest BCUT2D eigenvalue weighted by molar-refractivity contribution is 6.27. The second kappa shape index (κ2) is 11.0. The van der Waals surface area contributed by atoms with Crippen LogP contribution < -0.4 is 0 Å². The van der Waals surface area contributed by atoms with E-state index in [4.69, 9.17) is 19.8 Å². The van der Waals surface area contributed by atoms with Crippen molar-refractivity contribution in [1.82, 2.24) is 9.80 Å². The van der Waals surface area contributed by atoms with Crippen LogP contribution in [0, 0.1) is 15.9 Å². The van der Waals surface area contributed by atoms with E-state index in [0.29, 0.717) is 0 Å². The smallest absolute Gasteiger partial charge is 0.414 e. The number of rotatable bonds is 5. The molecule has 0 amide bonds. The summed E-state index contributed by atoms with van der Waals surface area (Å²) >= 11 is 0. The number of nitrogens with zero attached hydrogens (tertiary/aromatic N) is 3. The van der Waals surface area contributed by atoms with Crippen LogP contribution in [0.3, 0.4) is 0 Å². The number of aliphatic carboxylic acids is 2. The zero-order valence-electron chi connectivity index (χ0n) is 16.1. The van der Waals surface area contributed by atoms with Crippen molar-refractivity contribution < 1.29 is 29.1 Å². The first-order valence-corrected chi connectivity index (χ1v) is 9.13. The summed E-state index contributed by atoms with van der Waals surface area (Å²) in [5, 5.41) is 25.5. The Morgan fingerprint density at radius 1 is 0.833 bits per heavy atom. The van der Waals surface area contributed by atoms with Gasteiger partial charge in [-0.25, -0.2) is 14.0 Å². The van der Waals surface area contributed by atoms with E-state index in [0.717, 1.165) is 50.4 Å². The fourth-order valence-electron chi connectivity index (χ4n) is 2.93. The number of carboxylic acids is 2. The molecule has 9 nitrogen and oxygen atoms in total. The number of carboxylic acid groups (broad SMARTS) is 2. The number of piperazine rings is 1. The molecular weight excluding hydrogens is 397 g/mol. The van der Waals surface area contributed by atoms with Gasteiger partial charge in [0.05, 0.1) is 4.92 Å². The molecule has 30 heavy (non-hydrogen) atoms. The molecule has 1 saturated heterocycles. The first kappa shape index (κ1) is 22.9. The third kappa shape index (κ3) is 7.57. The van der Waals surface area contributed by atoms with Gasteiger partial charge in [-0.2, -0.15) is 0 Å². The van der Waals surface area contributed by atoms with Crippen molar-refractivity contribution in [2.45, 2.75) is 13.1 Å². The Kier molecular flexibility index (Phi) is 8.39. The van der Waals surface area contributed by atoms with Gasteiger partial charge in [0, 0.05) is 51.4 Å². The van der Waals surface area contributed by atoms with Crippen LogP contribution in [0.5, 0.6) is 0 Å². The van der Waals surface area contributed by atoms with Gasteiger partial charge in [0.15, 0.2) is 0 Å². The van der Waals surface area contributed by atoms with Crippen molar-refractivity contribution in [3.63, 3.8) is 0 Å². The zero-order chi connectivity index (χ0) is 22.1. The lowest BCUT2D eigenvalue weighted by molar-refractivity contribution is -0.384. The second-order valence-electron chi connectivity index (χ2n) is 6.71.